The smallest absolute Gasteiger partial charge is 0.408 e. The van der Waals surface area contributed by atoms with Crippen molar-refractivity contribution in [2.45, 2.75) is 50.9 Å². The summed E-state index contributed by atoms with van der Waals surface area (Å²) in [4.78, 5) is 39.0. The van der Waals surface area contributed by atoms with Gasteiger partial charge in [-0.25, -0.2) is 9.18 Å². The lowest BCUT2D eigenvalue weighted by atomic mass is 9.83. The summed E-state index contributed by atoms with van der Waals surface area (Å²) in [6.45, 7) is 5.01. The molecule has 1 aliphatic rings. The molecule has 0 aromatic carbocycles. The van der Waals surface area contributed by atoms with Crippen molar-refractivity contribution in [2.75, 3.05) is 18.0 Å². The van der Waals surface area contributed by atoms with Crippen molar-refractivity contribution in [3.8, 4) is 0 Å². The van der Waals surface area contributed by atoms with Crippen LogP contribution in [0.3, 0.4) is 0 Å². The summed E-state index contributed by atoms with van der Waals surface area (Å²) < 4.78 is 20.3. The van der Waals surface area contributed by atoms with Crippen molar-refractivity contribution >= 4 is 23.9 Å². The van der Waals surface area contributed by atoms with E-state index in [2.05, 4.69) is 10.3 Å². The fourth-order valence-corrected chi connectivity index (χ4v) is 3.02. The zero-order valence-electron chi connectivity index (χ0n) is 15.5. The third kappa shape index (κ3) is 4.89. The first-order valence-corrected chi connectivity index (χ1v) is 8.51. The van der Waals surface area contributed by atoms with Crippen LogP contribution >= 0.6 is 0 Å². The number of amides is 1. The van der Waals surface area contributed by atoms with Gasteiger partial charge in [0.25, 0.3) is 0 Å². The predicted octanol–water partition coefficient (Wildman–Crippen LogP) is 2.39. The minimum atomic E-state index is -1.64. The van der Waals surface area contributed by atoms with Crippen molar-refractivity contribution in [3.63, 3.8) is 0 Å². The van der Waals surface area contributed by atoms with Gasteiger partial charge in [0.15, 0.2) is 0 Å². The van der Waals surface area contributed by atoms with Crippen LogP contribution in [0.5, 0.6) is 0 Å². The first-order chi connectivity index (χ1) is 12.6. The van der Waals surface area contributed by atoms with E-state index in [9.17, 15) is 19.7 Å². The van der Waals surface area contributed by atoms with Crippen LogP contribution in [-0.4, -0.2) is 52.7 Å². The van der Waals surface area contributed by atoms with Crippen LogP contribution in [0.15, 0.2) is 18.3 Å². The highest BCUT2D eigenvalue weighted by Gasteiger charge is 2.46. The van der Waals surface area contributed by atoms with Gasteiger partial charge in [-0.1, -0.05) is 0 Å². The van der Waals surface area contributed by atoms with Gasteiger partial charge in [-0.2, -0.15) is 0 Å². The number of rotatable bonds is 5. The summed E-state index contributed by atoms with van der Waals surface area (Å²) in [7, 11) is 0. The molecule has 1 N–H and O–H groups in total. The number of alkyl halides is 1. The number of nitrogens with one attached hydrogen (secondary N) is 1. The zero-order valence-corrected chi connectivity index (χ0v) is 15.5. The number of nitrogens with zero attached hydrogens (tertiary/aromatic N) is 3. The van der Waals surface area contributed by atoms with Gasteiger partial charge in [-0.15, -0.1) is 0 Å². The molecule has 0 aliphatic carbocycles. The topological polar surface area (TPSA) is 115 Å². The number of carbonyl (C=O) groups is 2. The Kier molecular flexibility index (Phi) is 5.97. The van der Waals surface area contributed by atoms with Crippen molar-refractivity contribution < 1.29 is 23.6 Å². The molecular weight excluding hydrogens is 359 g/mol. The molecular formula is C17H23FN4O5. The van der Waals surface area contributed by atoms with E-state index >= 15 is 4.39 Å². The van der Waals surface area contributed by atoms with Crippen molar-refractivity contribution in [2.24, 2.45) is 0 Å². The molecule has 1 saturated heterocycles. The number of piperidine rings is 1. The second-order valence-corrected chi connectivity index (χ2v) is 7.42. The monoisotopic (exact) mass is 382 g/mol. The summed E-state index contributed by atoms with van der Waals surface area (Å²) in [5.74, 6) is -0.368. The van der Waals surface area contributed by atoms with Crippen LogP contribution < -0.4 is 10.2 Å². The third-order valence-corrected chi connectivity index (χ3v) is 4.29. The number of halogens is 1. The normalized spacial score (nSPS) is 22.8. The lowest BCUT2D eigenvalue weighted by Gasteiger charge is -2.44. The van der Waals surface area contributed by atoms with E-state index in [1.165, 1.54) is 23.2 Å². The Morgan fingerprint density at radius 3 is 2.85 bits per heavy atom. The van der Waals surface area contributed by atoms with Crippen LogP contribution in [-0.2, 0) is 9.53 Å². The number of aromatic nitrogens is 1. The number of alkyl carbamates (subject to hydrolysis) is 1. The van der Waals surface area contributed by atoms with E-state index in [0.717, 1.165) is 0 Å². The summed E-state index contributed by atoms with van der Waals surface area (Å²) in [6.07, 6.45) is -0.753. The number of ether oxygens (including phenoxy) is 1. The molecule has 148 valence electrons. The van der Waals surface area contributed by atoms with Crippen LogP contribution in [0.2, 0.25) is 0 Å². The Morgan fingerprint density at radius 2 is 2.30 bits per heavy atom. The molecule has 9 nitrogen and oxygen atoms in total. The molecule has 1 fully saturated rings. The summed E-state index contributed by atoms with van der Waals surface area (Å²) in [5.41, 5.74) is -1.99. The second kappa shape index (κ2) is 7.85. The maximum Gasteiger partial charge on any atom is 0.408 e. The fourth-order valence-electron chi connectivity index (χ4n) is 3.02. The minimum Gasteiger partial charge on any atom is -0.444 e. The molecule has 2 rings (SSSR count). The molecule has 2 heterocycles. The third-order valence-electron chi connectivity index (χ3n) is 4.29. The molecule has 0 spiro atoms. The Bertz CT molecular complexity index is 724. The maximum absolute atomic E-state index is 15.1. The van der Waals surface area contributed by atoms with Crippen molar-refractivity contribution in [1.82, 2.24) is 10.3 Å². The molecule has 10 heteroatoms. The van der Waals surface area contributed by atoms with E-state index < -0.39 is 28.3 Å². The molecule has 0 radical (unpaired) electrons. The van der Waals surface area contributed by atoms with Gasteiger partial charge in [-0.05, 0) is 49.2 Å². The van der Waals surface area contributed by atoms with Gasteiger partial charge in [-0.3, -0.25) is 0 Å². The largest absolute Gasteiger partial charge is 0.444 e. The average molecular weight is 382 g/mol. The predicted molar refractivity (Wildman–Crippen MR) is 95.4 cm³/mol. The standard InChI is InChI=1S/C17H23FN4O5/c1-16(2,3)27-15(24)20-17(7-10-23)6-9-21(11-13(17)18)12-5-4-8-19-14(12)22(25)26/h4-5,8,10,13H,6-7,9,11H2,1-3H3,(H,20,24). The number of pyridine rings is 1. The second-order valence-electron chi connectivity index (χ2n) is 7.42. The first kappa shape index (κ1) is 20.5. The van der Waals surface area contributed by atoms with Crippen LogP contribution in [0.4, 0.5) is 20.7 Å². The van der Waals surface area contributed by atoms with Gasteiger partial charge in [0, 0.05) is 13.0 Å². The van der Waals surface area contributed by atoms with Gasteiger partial charge >= 0.3 is 11.9 Å². The number of anilines is 1. The van der Waals surface area contributed by atoms with Crippen LogP contribution in [0.25, 0.3) is 0 Å². The van der Waals surface area contributed by atoms with Crippen molar-refractivity contribution in [1.29, 1.82) is 0 Å². The Labute approximate surface area is 156 Å². The molecule has 27 heavy (non-hydrogen) atoms. The Morgan fingerprint density at radius 1 is 1.59 bits per heavy atom. The molecule has 1 aromatic rings. The minimum absolute atomic E-state index is 0.0815. The molecule has 1 aromatic heterocycles. The maximum atomic E-state index is 15.1. The highest BCUT2D eigenvalue weighted by molar-refractivity contribution is 5.70. The summed E-state index contributed by atoms with van der Waals surface area (Å²) >= 11 is 0. The van der Waals surface area contributed by atoms with Gasteiger partial charge in [0.05, 0.1) is 12.1 Å². The van der Waals surface area contributed by atoms with Crippen LogP contribution in [0, 0.1) is 10.1 Å². The van der Waals surface area contributed by atoms with Gasteiger partial charge in [0.2, 0.25) is 0 Å². The van der Waals surface area contributed by atoms with Crippen LogP contribution in [0.1, 0.15) is 33.6 Å². The number of carbonyl (C=O) groups excluding carboxylic acids is 2. The van der Waals surface area contributed by atoms with Gasteiger partial charge in [0.1, 0.15) is 29.9 Å². The van der Waals surface area contributed by atoms with E-state index in [1.807, 2.05) is 0 Å². The quantitative estimate of drug-likeness (QED) is 0.472. The molecule has 1 amide bonds. The van der Waals surface area contributed by atoms with E-state index in [0.29, 0.717) is 6.29 Å². The first-order valence-electron chi connectivity index (χ1n) is 8.51. The summed E-state index contributed by atoms with van der Waals surface area (Å²) in [5, 5.41) is 13.7. The molecule has 0 saturated carbocycles. The lowest BCUT2D eigenvalue weighted by molar-refractivity contribution is -0.388. The van der Waals surface area contributed by atoms with E-state index in [-0.39, 0.29) is 37.4 Å². The Balaban J connectivity index is 2.20. The molecule has 2 unspecified atom stereocenters. The number of hydrogen-bond acceptors (Lipinski definition) is 7. The zero-order chi connectivity index (χ0) is 20.2. The summed E-state index contributed by atoms with van der Waals surface area (Å²) in [6, 6.07) is 3.02. The molecule has 0 bridgehead atoms. The SMILES string of the molecule is CC(C)(C)OC(=O)NC1(CC=O)CCN(c2cccnc2[N+](=O)[O-])CC1F. The molecule has 1 aliphatic heterocycles. The fraction of sp³-hybridized carbons (Fsp3) is 0.588. The number of aldehydes is 1. The van der Waals surface area contributed by atoms with Gasteiger partial charge < -0.3 is 29.9 Å². The highest BCUT2D eigenvalue weighted by Crippen LogP contribution is 2.34. The average Bonchev–Trinajstić information content (AvgIpc) is 2.55. The van der Waals surface area contributed by atoms with E-state index in [1.54, 1.807) is 20.8 Å². The van der Waals surface area contributed by atoms with Crippen molar-refractivity contribution in [3.05, 3.63) is 28.4 Å². The number of nitro groups is 1. The Hall–Kier alpha value is -2.78. The molecule has 2 atom stereocenters. The van der Waals surface area contributed by atoms with E-state index in [4.69, 9.17) is 4.74 Å². The number of hydrogen-bond donors (Lipinski definition) is 1. The highest BCUT2D eigenvalue weighted by atomic mass is 19.1. The lowest BCUT2D eigenvalue weighted by Crippen LogP contribution is -2.63.